The molecule has 4 heteroatoms. The quantitative estimate of drug-likeness (QED) is 0.773. The Morgan fingerprint density at radius 3 is 2.47 bits per heavy atom. The average Bonchev–Trinajstić information content (AvgIpc) is 2.40. The van der Waals surface area contributed by atoms with Gasteiger partial charge in [-0.3, -0.25) is 0 Å². The predicted octanol–water partition coefficient (Wildman–Crippen LogP) is 3.19. The van der Waals surface area contributed by atoms with Crippen molar-refractivity contribution >= 4 is 0 Å². The first-order chi connectivity index (χ1) is 9.15. The van der Waals surface area contributed by atoms with Crippen molar-refractivity contribution in [2.24, 2.45) is 0 Å². The van der Waals surface area contributed by atoms with Crippen LogP contribution in [0, 0.1) is 13.8 Å². The maximum atomic E-state index is 5.89. The van der Waals surface area contributed by atoms with Crippen LogP contribution < -0.4 is 9.47 Å². The van der Waals surface area contributed by atoms with Crippen molar-refractivity contribution in [3.63, 3.8) is 0 Å². The fourth-order valence-corrected chi connectivity index (χ4v) is 1.93. The summed E-state index contributed by atoms with van der Waals surface area (Å²) in [7, 11) is 1.92. The summed E-state index contributed by atoms with van der Waals surface area (Å²) in [6.07, 6.45) is 6.65. The second kappa shape index (κ2) is 4.39. The molecule has 3 rings (SSSR count). The molecule has 0 saturated carbocycles. The van der Waals surface area contributed by atoms with Gasteiger partial charge in [0.2, 0.25) is 0 Å². The molecule has 98 valence electrons. The fraction of sp³-hybridized carbons (Fsp3) is 0.200. The van der Waals surface area contributed by atoms with Crippen LogP contribution in [0.15, 0.2) is 48.6 Å². The van der Waals surface area contributed by atoms with E-state index in [2.05, 4.69) is 6.92 Å². The van der Waals surface area contributed by atoms with Gasteiger partial charge < -0.3 is 19.1 Å². The molecule has 0 N–H and O–H groups in total. The summed E-state index contributed by atoms with van der Waals surface area (Å²) in [6.45, 7) is 4.10. The molecule has 0 bridgehead atoms. The number of ether oxygens (including phenoxy) is 3. The molecule has 0 atom stereocenters. The summed E-state index contributed by atoms with van der Waals surface area (Å²) < 4.78 is 16.7. The lowest BCUT2D eigenvalue weighted by Gasteiger charge is -2.26. The summed E-state index contributed by atoms with van der Waals surface area (Å²) in [6, 6.07) is 3.96. The second-order valence-corrected chi connectivity index (χ2v) is 4.62. The molecule has 2 heterocycles. The van der Waals surface area contributed by atoms with Gasteiger partial charge in [0.15, 0.2) is 17.3 Å². The molecule has 0 aromatic heterocycles. The Balaban J connectivity index is 1.91. The summed E-state index contributed by atoms with van der Waals surface area (Å²) in [5.41, 5.74) is 3.16. The monoisotopic (exact) mass is 257 g/mol. The van der Waals surface area contributed by atoms with Crippen LogP contribution in [0.25, 0.3) is 0 Å². The number of aryl methyl sites for hydroxylation is 2. The van der Waals surface area contributed by atoms with E-state index in [9.17, 15) is 0 Å². The largest absolute Gasteiger partial charge is 0.469 e. The van der Waals surface area contributed by atoms with E-state index in [0.717, 1.165) is 17.2 Å². The molecule has 0 aliphatic carbocycles. The van der Waals surface area contributed by atoms with Crippen molar-refractivity contribution < 1.29 is 14.2 Å². The van der Waals surface area contributed by atoms with Crippen LogP contribution in [0.5, 0.6) is 11.5 Å². The van der Waals surface area contributed by atoms with E-state index in [-0.39, 0.29) is 0 Å². The number of benzene rings is 1. The summed E-state index contributed by atoms with van der Waals surface area (Å²) in [5.74, 6) is 2.09. The number of likely N-dealkylation sites (N-methyl/N-ethyl adjacent to an activating group) is 1. The van der Waals surface area contributed by atoms with Crippen LogP contribution in [-0.2, 0) is 4.74 Å². The molecule has 0 amide bonds. The van der Waals surface area contributed by atoms with Crippen molar-refractivity contribution in [1.82, 2.24) is 4.90 Å². The number of hydrogen-bond acceptors (Lipinski definition) is 4. The van der Waals surface area contributed by atoms with Crippen LogP contribution in [0.1, 0.15) is 11.1 Å². The van der Waals surface area contributed by atoms with Crippen molar-refractivity contribution in [1.29, 1.82) is 0 Å². The second-order valence-electron chi connectivity index (χ2n) is 4.62. The average molecular weight is 257 g/mol. The molecule has 2 aliphatic heterocycles. The van der Waals surface area contributed by atoms with E-state index in [0.29, 0.717) is 5.76 Å². The fourth-order valence-electron chi connectivity index (χ4n) is 1.93. The number of hydrogen-bond donors (Lipinski definition) is 0. The van der Waals surface area contributed by atoms with Crippen molar-refractivity contribution in [2.45, 2.75) is 13.8 Å². The molecule has 1 aromatic carbocycles. The van der Waals surface area contributed by atoms with Gasteiger partial charge in [-0.25, -0.2) is 0 Å². The van der Waals surface area contributed by atoms with Crippen molar-refractivity contribution in [2.75, 3.05) is 7.05 Å². The Bertz CT molecular complexity index is 614. The van der Waals surface area contributed by atoms with Crippen LogP contribution >= 0.6 is 0 Å². The van der Waals surface area contributed by atoms with E-state index < -0.39 is 0 Å². The van der Waals surface area contributed by atoms with Crippen LogP contribution in [0.4, 0.5) is 0 Å². The molecule has 0 spiro atoms. The Morgan fingerprint density at radius 2 is 1.74 bits per heavy atom. The van der Waals surface area contributed by atoms with Crippen molar-refractivity contribution in [3.8, 4) is 11.5 Å². The first-order valence-electron chi connectivity index (χ1n) is 6.06. The molecule has 0 radical (unpaired) electrons. The minimum Gasteiger partial charge on any atom is -0.469 e. The number of nitrogens with zero attached hydrogens (tertiary/aromatic N) is 1. The summed E-state index contributed by atoms with van der Waals surface area (Å²) in [5, 5.41) is 0. The zero-order valence-electron chi connectivity index (χ0n) is 11.1. The van der Waals surface area contributed by atoms with Gasteiger partial charge >= 0.3 is 0 Å². The highest BCUT2D eigenvalue weighted by molar-refractivity contribution is 5.50. The SMILES string of the molecule is Cc1cc2c(cc1C)OC(C1=COC=CN1C)=CO2. The van der Waals surface area contributed by atoms with Crippen LogP contribution in [-0.4, -0.2) is 11.9 Å². The zero-order valence-corrected chi connectivity index (χ0v) is 11.1. The molecule has 2 aliphatic rings. The van der Waals surface area contributed by atoms with Crippen LogP contribution in [0.2, 0.25) is 0 Å². The molecule has 1 aromatic rings. The Kier molecular flexibility index (Phi) is 2.71. The van der Waals surface area contributed by atoms with E-state index in [1.807, 2.05) is 37.2 Å². The first-order valence-corrected chi connectivity index (χ1v) is 6.06. The zero-order chi connectivity index (χ0) is 13.4. The van der Waals surface area contributed by atoms with E-state index in [1.165, 1.54) is 11.1 Å². The van der Waals surface area contributed by atoms with E-state index >= 15 is 0 Å². The third-order valence-electron chi connectivity index (χ3n) is 3.25. The normalized spacial score (nSPS) is 16.7. The standard InChI is InChI=1S/C15H15NO3/c1-10-6-13-14(7-11(10)2)19-15(9-18-13)12-8-17-5-4-16(12)3/h4-9H,1-3H3. The molecule has 0 unspecified atom stereocenters. The maximum Gasteiger partial charge on any atom is 0.189 e. The lowest BCUT2D eigenvalue weighted by atomic mass is 10.1. The van der Waals surface area contributed by atoms with Gasteiger partial charge in [-0.1, -0.05) is 0 Å². The molecular formula is C15H15NO3. The van der Waals surface area contributed by atoms with Gasteiger partial charge in [0.05, 0.1) is 0 Å². The lowest BCUT2D eigenvalue weighted by molar-refractivity contribution is 0.290. The molecule has 4 nitrogen and oxygen atoms in total. The smallest absolute Gasteiger partial charge is 0.189 e. The Hall–Kier alpha value is -2.36. The number of fused-ring (bicyclic) bond motifs is 1. The summed E-state index contributed by atoms with van der Waals surface area (Å²) in [4.78, 5) is 1.91. The Labute approximate surface area is 112 Å². The highest BCUT2D eigenvalue weighted by Crippen LogP contribution is 2.37. The molecular weight excluding hydrogens is 242 g/mol. The van der Waals surface area contributed by atoms with Gasteiger partial charge in [-0.15, -0.1) is 0 Å². The van der Waals surface area contributed by atoms with Gasteiger partial charge in [0.25, 0.3) is 0 Å². The van der Waals surface area contributed by atoms with Gasteiger partial charge in [0.1, 0.15) is 24.5 Å². The van der Waals surface area contributed by atoms with Crippen LogP contribution in [0.3, 0.4) is 0 Å². The third kappa shape index (κ3) is 2.05. The summed E-state index contributed by atoms with van der Waals surface area (Å²) >= 11 is 0. The highest BCUT2D eigenvalue weighted by atomic mass is 16.6. The molecule has 19 heavy (non-hydrogen) atoms. The van der Waals surface area contributed by atoms with E-state index in [1.54, 1.807) is 18.8 Å². The predicted molar refractivity (Wildman–Crippen MR) is 71.3 cm³/mol. The highest BCUT2D eigenvalue weighted by Gasteiger charge is 2.21. The molecule has 0 saturated heterocycles. The van der Waals surface area contributed by atoms with Gasteiger partial charge in [0, 0.05) is 13.2 Å². The topological polar surface area (TPSA) is 30.9 Å². The van der Waals surface area contributed by atoms with E-state index in [4.69, 9.17) is 14.2 Å². The van der Waals surface area contributed by atoms with Gasteiger partial charge in [-0.05, 0) is 37.1 Å². The lowest BCUT2D eigenvalue weighted by Crippen LogP contribution is -2.20. The minimum absolute atomic E-state index is 0.627. The molecule has 0 fully saturated rings. The first kappa shape index (κ1) is 11.7. The number of rotatable bonds is 1. The van der Waals surface area contributed by atoms with Crippen molar-refractivity contribution in [3.05, 3.63) is 59.7 Å². The van der Waals surface area contributed by atoms with Gasteiger partial charge in [-0.2, -0.15) is 0 Å². The Morgan fingerprint density at radius 1 is 1.00 bits per heavy atom. The third-order valence-corrected chi connectivity index (χ3v) is 3.25. The minimum atomic E-state index is 0.627. The maximum absolute atomic E-state index is 5.89.